The maximum absolute atomic E-state index is 12.5. The molecule has 1 saturated heterocycles. The van der Waals surface area contributed by atoms with E-state index in [1.165, 1.54) is 6.42 Å². The average Bonchev–Trinajstić information content (AvgIpc) is 2.42. The van der Waals surface area contributed by atoms with Crippen LogP contribution in [-0.2, 0) is 0 Å². The first-order valence-electron chi connectivity index (χ1n) is 6.73. The molecule has 1 amide bonds. The SMILES string of the molecule is Cc1ccc(C(=O)N2CCCC(CCCl)C2)cc1Br. The van der Waals surface area contributed by atoms with E-state index in [4.69, 9.17) is 11.6 Å². The van der Waals surface area contributed by atoms with Gasteiger partial charge in [0.15, 0.2) is 0 Å². The molecule has 1 unspecified atom stereocenters. The molecule has 1 heterocycles. The Hall–Kier alpha value is -0.540. The second-order valence-electron chi connectivity index (χ2n) is 5.20. The fourth-order valence-electron chi connectivity index (χ4n) is 2.55. The Kier molecular flexibility index (Phi) is 5.28. The van der Waals surface area contributed by atoms with E-state index >= 15 is 0 Å². The lowest BCUT2D eigenvalue weighted by atomic mass is 9.95. The van der Waals surface area contributed by atoms with Crippen LogP contribution in [0.5, 0.6) is 0 Å². The average molecular weight is 345 g/mol. The first-order valence-corrected chi connectivity index (χ1v) is 8.06. The number of piperidine rings is 1. The molecule has 0 radical (unpaired) electrons. The van der Waals surface area contributed by atoms with Gasteiger partial charge in [-0.2, -0.15) is 0 Å². The lowest BCUT2D eigenvalue weighted by Gasteiger charge is -2.32. The lowest BCUT2D eigenvalue weighted by molar-refractivity contribution is 0.0671. The minimum atomic E-state index is 0.139. The Morgan fingerprint density at radius 2 is 2.32 bits per heavy atom. The van der Waals surface area contributed by atoms with Gasteiger partial charge in [0, 0.05) is 29.0 Å². The third-order valence-electron chi connectivity index (χ3n) is 3.74. The zero-order chi connectivity index (χ0) is 13.8. The van der Waals surface area contributed by atoms with Gasteiger partial charge in [0.2, 0.25) is 0 Å². The molecule has 104 valence electrons. The third-order valence-corrected chi connectivity index (χ3v) is 4.81. The van der Waals surface area contributed by atoms with Crippen molar-refractivity contribution in [3.05, 3.63) is 33.8 Å². The van der Waals surface area contributed by atoms with Crippen LogP contribution in [0.3, 0.4) is 0 Å². The van der Waals surface area contributed by atoms with Gasteiger partial charge in [-0.15, -0.1) is 11.6 Å². The second kappa shape index (κ2) is 6.76. The van der Waals surface area contributed by atoms with E-state index in [0.29, 0.717) is 11.8 Å². The van der Waals surface area contributed by atoms with E-state index in [2.05, 4.69) is 15.9 Å². The van der Waals surface area contributed by atoms with Crippen LogP contribution in [0.25, 0.3) is 0 Å². The molecule has 1 aromatic carbocycles. The van der Waals surface area contributed by atoms with Gasteiger partial charge >= 0.3 is 0 Å². The van der Waals surface area contributed by atoms with Crippen molar-refractivity contribution < 1.29 is 4.79 Å². The summed E-state index contributed by atoms with van der Waals surface area (Å²) in [6.45, 7) is 3.73. The predicted octanol–water partition coefficient (Wildman–Crippen LogP) is 4.24. The van der Waals surface area contributed by atoms with Gasteiger partial charge in [0.1, 0.15) is 0 Å². The highest BCUT2D eigenvalue weighted by Crippen LogP contribution is 2.23. The van der Waals surface area contributed by atoms with Crippen LogP contribution in [0.1, 0.15) is 35.2 Å². The van der Waals surface area contributed by atoms with Crippen molar-refractivity contribution >= 4 is 33.4 Å². The number of likely N-dealkylation sites (tertiary alicyclic amines) is 1. The summed E-state index contributed by atoms with van der Waals surface area (Å²) < 4.78 is 0.993. The van der Waals surface area contributed by atoms with E-state index in [0.717, 1.165) is 41.5 Å². The normalized spacial score (nSPS) is 19.5. The smallest absolute Gasteiger partial charge is 0.253 e. The van der Waals surface area contributed by atoms with Crippen LogP contribution in [0.15, 0.2) is 22.7 Å². The monoisotopic (exact) mass is 343 g/mol. The predicted molar refractivity (Wildman–Crippen MR) is 82.8 cm³/mol. The largest absolute Gasteiger partial charge is 0.338 e. The number of alkyl halides is 1. The molecule has 2 rings (SSSR count). The van der Waals surface area contributed by atoms with E-state index < -0.39 is 0 Å². The number of amides is 1. The third kappa shape index (κ3) is 3.73. The van der Waals surface area contributed by atoms with Crippen LogP contribution in [-0.4, -0.2) is 29.8 Å². The number of rotatable bonds is 3. The summed E-state index contributed by atoms with van der Waals surface area (Å²) in [6.07, 6.45) is 3.28. The van der Waals surface area contributed by atoms with Gasteiger partial charge in [0.25, 0.3) is 5.91 Å². The Morgan fingerprint density at radius 1 is 1.53 bits per heavy atom. The molecular weight excluding hydrogens is 326 g/mol. The zero-order valence-electron chi connectivity index (χ0n) is 11.2. The van der Waals surface area contributed by atoms with Crippen molar-refractivity contribution in [1.82, 2.24) is 4.90 Å². The Labute approximate surface area is 128 Å². The van der Waals surface area contributed by atoms with Gasteiger partial charge in [-0.25, -0.2) is 0 Å². The lowest BCUT2D eigenvalue weighted by Crippen LogP contribution is -2.40. The van der Waals surface area contributed by atoms with Crippen molar-refractivity contribution in [2.45, 2.75) is 26.2 Å². The second-order valence-corrected chi connectivity index (χ2v) is 6.43. The summed E-state index contributed by atoms with van der Waals surface area (Å²) in [4.78, 5) is 14.5. The van der Waals surface area contributed by atoms with Crippen LogP contribution in [0.4, 0.5) is 0 Å². The molecule has 19 heavy (non-hydrogen) atoms. The molecule has 1 atom stereocenters. The zero-order valence-corrected chi connectivity index (χ0v) is 13.5. The summed E-state index contributed by atoms with van der Waals surface area (Å²) in [5, 5.41) is 0. The van der Waals surface area contributed by atoms with Crippen molar-refractivity contribution in [2.24, 2.45) is 5.92 Å². The number of carbonyl (C=O) groups is 1. The standard InChI is InChI=1S/C15H19BrClNO/c1-11-4-5-13(9-14(11)16)15(19)18-8-2-3-12(10-18)6-7-17/h4-5,9,12H,2-3,6-8,10H2,1H3. The molecule has 0 aromatic heterocycles. The van der Waals surface area contributed by atoms with Gasteiger partial charge in [-0.3, -0.25) is 4.79 Å². The first kappa shape index (κ1) is 14.9. The summed E-state index contributed by atoms with van der Waals surface area (Å²) in [6, 6.07) is 5.81. The van der Waals surface area contributed by atoms with Crippen LogP contribution >= 0.6 is 27.5 Å². The fourth-order valence-corrected chi connectivity index (χ4v) is 3.24. The van der Waals surface area contributed by atoms with Gasteiger partial charge in [-0.1, -0.05) is 22.0 Å². The van der Waals surface area contributed by atoms with Crippen molar-refractivity contribution in [1.29, 1.82) is 0 Å². The van der Waals surface area contributed by atoms with Gasteiger partial charge in [0.05, 0.1) is 0 Å². The van der Waals surface area contributed by atoms with E-state index in [1.807, 2.05) is 30.0 Å². The van der Waals surface area contributed by atoms with Gasteiger partial charge < -0.3 is 4.90 Å². The molecule has 0 aliphatic carbocycles. The first-order chi connectivity index (χ1) is 9.11. The summed E-state index contributed by atoms with van der Waals surface area (Å²) in [5.41, 5.74) is 1.92. The Morgan fingerprint density at radius 3 is 3.00 bits per heavy atom. The molecule has 0 N–H and O–H groups in total. The molecule has 1 aromatic rings. The van der Waals surface area contributed by atoms with E-state index in [1.54, 1.807) is 0 Å². The topological polar surface area (TPSA) is 20.3 Å². The van der Waals surface area contributed by atoms with Crippen molar-refractivity contribution in [3.63, 3.8) is 0 Å². The Balaban J connectivity index is 2.08. The molecule has 1 fully saturated rings. The molecule has 0 saturated carbocycles. The summed E-state index contributed by atoms with van der Waals surface area (Å²) in [7, 11) is 0. The number of benzene rings is 1. The highest BCUT2D eigenvalue weighted by atomic mass is 79.9. The summed E-state index contributed by atoms with van der Waals surface area (Å²) >= 11 is 9.29. The molecule has 1 aliphatic heterocycles. The molecule has 4 heteroatoms. The van der Waals surface area contributed by atoms with Crippen molar-refractivity contribution in [2.75, 3.05) is 19.0 Å². The van der Waals surface area contributed by atoms with E-state index in [-0.39, 0.29) is 5.91 Å². The van der Waals surface area contributed by atoms with Crippen LogP contribution < -0.4 is 0 Å². The molecule has 2 nitrogen and oxygen atoms in total. The number of halogens is 2. The maximum atomic E-state index is 12.5. The fraction of sp³-hybridized carbons (Fsp3) is 0.533. The highest BCUT2D eigenvalue weighted by molar-refractivity contribution is 9.10. The number of hydrogen-bond acceptors (Lipinski definition) is 1. The van der Waals surface area contributed by atoms with Crippen LogP contribution in [0, 0.1) is 12.8 Å². The molecule has 1 aliphatic rings. The number of hydrogen-bond donors (Lipinski definition) is 0. The molecule has 0 spiro atoms. The molecular formula is C15H19BrClNO. The minimum Gasteiger partial charge on any atom is -0.338 e. The highest BCUT2D eigenvalue weighted by Gasteiger charge is 2.24. The number of aryl methyl sites for hydroxylation is 1. The van der Waals surface area contributed by atoms with Crippen LogP contribution in [0.2, 0.25) is 0 Å². The minimum absolute atomic E-state index is 0.139. The maximum Gasteiger partial charge on any atom is 0.253 e. The number of carbonyl (C=O) groups excluding carboxylic acids is 1. The van der Waals surface area contributed by atoms with Crippen molar-refractivity contribution in [3.8, 4) is 0 Å². The number of nitrogens with zero attached hydrogens (tertiary/aromatic N) is 1. The quantitative estimate of drug-likeness (QED) is 0.751. The Bertz CT molecular complexity index is 461. The van der Waals surface area contributed by atoms with E-state index in [9.17, 15) is 4.79 Å². The van der Waals surface area contributed by atoms with Gasteiger partial charge in [-0.05, 0) is 49.8 Å². The molecule has 0 bridgehead atoms. The summed E-state index contributed by atoms with van der Waals surface area (Å²) in [5.74, 6) is 1.38.